The maximum absolute atomic E-state index is 13.3. The molecule has 0 atom stereocenters. The maximum Gasteiger partial charge on any atom is 0.337 e. The summed E-state index contributed by atoms with van der Waals surface area (Å²) in [5, 5.41) is 0. The van der Waals surface area contributed by atoms with E-state index in [0.29, 0.717) is 23.5 Å². The Morgan fingerprint density at radius 3 is 2.38 bits per heavy atom. The zero-order chi connectivity index (χ0) is 22.7. The van der Waals surface area contributed by atoms with Crippen LogP contribution in [-0.4, -0.2) is 46.6 Å². The van der Waals surface area contributed by atoms with E-state index in [1.165, 1.54) is 16.2 Å². The van der Waals surface area contributed by atoms with Gasteiger partial charge >= 0.3 is 5.69 Å². The second kappa shape index (κ2) is 9.11. The first kappa shape index (κ1) is 21.4. The molecule has 0 radical (unpaired) electrons. The molecule has 4 rings (SSSR count). The predicted octanol–water partition coefficient (Wildman–Crippen LogP) is 2.06. The third-order valence-corrected chi connectivity index (χ3v) is 5.22. The third-order valence-electron chi connectivity index (χ3n) is 5.22. The number of aromatic nitrogens is 4. The third kappa shape index (κ3) is 3.90. The molecule has 0 amide bonds. The van der Waals surface area contributed by atoms with Crippen LogP contribution < -0.4 is 20.7 Å². The van der Waals surface area contributed by atoms with E-state index < -0.39 is 11.2 Å². The van der Waals surface area contributed by atoms with Crippen molar-refractivity contribution in [3.05, 3.63) is 81.3 Å². The zero-order valence-corrected chi connectivity index (χ0v) is 18.1. The number of methoxy groups -OCH3 is 3. The number of hydrogen-bond acceptors (Lipinski definition) is 6. The Hall–Kier alpha value is -3.85. The van der Waals surface area contributed by atoms with E-state index >= 15 is 0 Å². The number of imidazole rings is 1. The molecule has 0 unspecified atom stereocenters. The lowest BCUT2D eigenvalue weighted by atomic mass is 10.2. The smallest absolute Gasteiger partial charge is 0.337 e. The lowest BCUT2D eigenvalue weighted by molar-refractivity contribution is 0.184. The van der Waals surface area contributed by atoms with Crippen LogP contribution in [0, 0.1) is 0 Å². The number of hydrogen-bond donors (Lipinski definition) is 0. The van der Waals surface area contributed by atoms with Crippen molar-refractivity contribution in [2.75, 3.05) is 27.9 Å². The van der Waals surface area contributed by atoms with Gasteiger partial charge in [0.05, 0.1) is 39.4 Å². The molecule has 0 saturated heterocycles. The highest BCUT2D eigenvalue weighted by atomic mass is 16.5. The van der Waals surface area contributed by atoms with Crippen LogP contribution in [0.4, 0.5) is 0 Å². The van der Waals surface area contributed by atoms with Crippen molar-refractivity contribution < 1.29 is 14.2 Å². The number of fused-ring (bicyclic) bond motifs is 1. The highest BCUT2D eigenvalue weighted by Gasteiger charge is 2.19. The van der Waals surface area contributed by atoms with E-state index in [2.05, 4.69) is 4.98 Å². The van der Waals surface area contributed by atoms with Gasteiger partial charge in [-0.1, -0.05) is 18.2 Å². The van der Waals surface area contributed by atoms with E-state index in [0.717, 1.165) is 11.3 Å². The van der Waals surface area contributed by atoms with Crippen molar-refractivity contribution in [3.8, 4) is 17.2 Å². The van der Waals surface area contributed by atoms with Crippen LogP contribution in [0.3, 0.4) is 0 Å². The van der Waals surface area contributed by atoms with E-state index in [1.807, 2.05) is 24.3 Å². The second-order valence-electron chi connectivity index (χ2n) is 7.17. The van der Waals surface area contributed by atoms with Gasteiger partial charge in [-0.05, 0) is 29.8 Å². The second-order valence-corrected chi connectivity index (χ2v) is 7.17. The van der Waals surface area contributed by atoms with Gasteiger partial charge in [-0.25, -0.2) is 14.3 Å². The van der Waals surface area contributed by atoms with Crippen LogP contribution in [0.1, 0.15) is 5.56 Å². The summed E-state index contributed by atoms with van der Waals surface area (Å²) in [6, 6.07) is 14.6. The van der Waals surface area contributed by atoms with Gasteiger partial charge in [-0.3, -0.25) is 9.36 Å². The molecule has 0 fully saturated rings. The summed E-state index contributed by atoms with van der Waals surface area (Å²) in [6.45, 7) is 0.741. The molecule has 0 aliphatic heterocycles. The first-order chi connectivity index (χ1) is 15.6. The van der Waals surface area contributed by atoms with Gasteiger partial charge in [0.2, 0.25) is 0 Å². The Labute approximate surface area is 184 Å². The normalized spacial score (nSPS) is 11.1. The summed E-state index contributed by atoms with van der Waals surface area (Å²) in [5.41, 5.74) is 1.19. The first-order valence-corrected chi connectivity index (χ1v) is 10.0. The summed E-state index contributed by atoms with van der Waals surface area (Å²) in [5.74, 6) is 1.31. The van der Waals surface area contributed by atoms with Crippen molar-refractivity contribution in [1.82, 2.24) is 18.7 Å². The van der Waals surface area contributed by atoms with Crippen LogP contribution in [0.15, 0.2) is 64.4 Å². The summed E-state index contributed by atoms with van der Waals surface area (Å²) in [6.07, 6.45) is 1.57. The van der Waals surface area contributed by atoms with Gasteiger partial charge in [0, 0.05) is 19.7 Å². The van der Waals surface area contributed by atoms with Gasteiger partial charge in [0.15, 0.2) is 11.2 Å². The topological polar surface area (TPSA) is 89.5 Å². The molecule has 0 aliphatic rings. The van der Waals surface area contributed by atoms with Crippen molar-refractivity contribution >= 4 is 11.2 Å². The van der Waals surface area contributed by atoms with Crippen LogP contribution in [-0.2, 0) is 17.8 Å². The van der Waals surface area contributed by atoms with E-state index in [1.54, 1.807) is 49.4 Å². The molecule has 0 aliphatic carbocycles. The number of rotatable bonds is 8. The van der Waals surface area contributed by atoms with Gasteiger partial charge < -0.3 is 18.8 Å². The summed E-state index contributed by atoms with van der Waals surface area (Å²) in [7, 11) is 4.68. The van der Waals surface area contributed by atoms with Crippen LogP contribution >= 0.6 is 0 Å². The summed E-state index contributed by atoms with van der Waals surface area (Å²) < 4.78 is 20.1. The van der Waals surface area contributed by atoms with Crippen molar-refractivity contribution in [2.45, 2.75) is 13.1 Å². The van der Waals surface area contributed by atoms with Crippen molar-refractivity contribution in [1.29, 1.82) is 0 Å². The lowest BCUT2D eigenvalue weighted by Gasteiger charge is -2.13. The highest BCUT2D eigenvalue weighted by Crippen LogP contribution is 2.20. The Morgan fingerprint density at radius 1 is 0.938 bits per heavy atom. The Kier molecular flexibility index (Phi) is 6.09. The number of ether oxygens (including phenoxy) is 3. The van der Waals surface area contributed by atoms with Crippen LogP contribution in [0.2, 0.25) is 0 Å². The Bertz CT molecular complexity index is 1370. The van der Waals surface area contributed by atoms with Crippen LogP contribution in [0.5, 0.6) is 11.5 Å². The fourth-order valence-electron chi connectivity index (χ4n) is 3.63. The van der Waals surface area contributed by atoms with Gasteiger partial charge in [-0.2, -0.15) is 0 Å². The number of benzene rings is 2. The largest absolute Gasteiger partial charge is 0.497 e. The molecule has 4 aromatic rings. The molecular formula is C23H24N4O5. The minimum atomic E-state index is -0.487. The molecule has 166 valence electrons. The summed E-state index contributed by atoms with van der Waals surface area (Å²) in [4.78, 5) is 31.1. The molecule has 2 aromatic heterocycles. The Morgan fingerprint density at radius 2 is 1.66 bits per heavy atom. The standard InChI is InChI=1S/C23H24N4O5/c1-30-11-10-26-22(28)20-21(27(23(26)29)17-7-5-9-19(13-17)32-3)24-15-25(20)14-16-6-4-8-18(12-16)31-2/h4-9,12-13,15H,10-11,14H2,1-3H3. The Balaban J connectivity index is 1.95. The van der Waals surface area contributed by atoms with Crippen LogP contribution in [0.25, 0.3) is 16.9 Å². The fraction of sp³-hybridized carbons (Fsp3) is 0.261. The molecule has 0 spiro atoms. The predicted molar refractivity (Wildman–Crippen MR) is 120 cm³/mol. The molecule has 9 nitrogen and oxygen atoms in total. The van der Waals surface area contributed by atoms with E-state index in [4.69, 9.17) is 14.2 Å². The van der Waals surface area contributed by atoms with Gasteiger partial charge in [0.25, 0.3) is 5.56 Å². The van der Waals surface area contributed by atoms with Crippen molar-refractivity contribution in [3.63, 3.8) is 0 Å². The number of nitrogens with zero attached hydrogens (tertiary/aromatic N) is 4. The van der Waals surface area contributed by atoms with Gasteiger partial charge in [-0.15, -0.1) is 0 Å². The molecule has 0 bridgehead atoms. The van der Waals surface area contributed by atoms with E-state index in [-0.39, 0.29) is 18.8 Å². The molecule has 0 N–H and O–H groups in total. The molecule has 9 heteroatoms. The zero-order valence-electron chi connectivity index (χ0n) is 18.1. The molecule has 0 saturated carbocycles. The average Bonchev–Trinajstić information content (AvgIpc) is 3.22. The molecule has 2 heterocycles. The van der Waals surface area contributed by atoms with Gasteiger partial charge in [0.1, 0.15) is 11.5 Å². The first-order valence-electron chi connectivity index (χ1n) is 10.0. The molecule has 32 heavy (non-hydrogen) atoms. The lowest BCUT2D eigenvalue weighted by Crippen LogP contribution is -2.41. The minimum absolute atomic E-state index is 0.123. The average molecular weight is 436 g/mol. The van der Waals surface area contributed by atoms with E-state index in [9.17, 15) is 9.59 Å². The van der Waals surface area contributed by atoms with Crippen molar-refractivity contribution in [2.24, 2.45) is 0 Å². The minimum Gasteiger partial charge on any atom is -0.497 e. The quantitative estimate of drug-likeness (QED) is 0.420. The monoisotopic (exact) mass is 436 g/mol. The molecule has 2 aromatic carbocycles. The summed E-state index contributed by atoms with van der Waals surface area (Å²) >= 11 is 0. The SMILES string of the molecule is COCCn1c(=O)c2c(ncn2Cc2cccc(OC)c2)n(-c2cccc(OC)c2)c1=O. The highest BCUT2D eigenvalue weighted by molar-refractivity contribution is 5.72. The fourth-order valence-corrected chi connectivity index (χ4v) is 3.63. The maximum atomic E-state index is 13.3. The molecular weight excluding hydrogens is 412 g/mol.